The fourth-order valence-electron chi connectivity index (χ4n) is 4.39. The van der Waals surface area contributed by atoms with Crippen molar-refractivity contribution in [2.75, 3.05) is 6.61 Å². The van der Waals surface area contributed by atoms with E-state index in [2.05, 4.69) is 38.1 Å². The second kappa shape index (κ2) is 14.7. The number of benzene rings is 3. The van der Waals surface area contributed by atoms with Crippen LogP contribution in [0.25, 0.3) is 22.3 Å². The molecule has 3 heteroatoms. The highest BCUT2D eigenvalue weighted by molar-refractivity contribution is 5.71. The second-order valence-corrected chi connectivity index (χ2v) is 9.44. The molecule has 0 spiro atoms. The van der Waals surface area contributed by atoms with E-state index >= 15 is 0 Å². The monoisotopic (exact) mass is 478 g/mol. The van der Waals surface area contributed by atoms with Gasteiger partial charge in [0.2, 0.25) is 5.82 Å². The van der Waals surface area contributed by atoms with E-state index in [0.717, 1.165) is 36.8 Å². The Morgan fingerprint density at radius 2 is 1.09 bits per heavy atom. The first-order valence-electron chi connectivity index (χ1n) is 13.4. The largest absolute Gasteiger partial charge is 0.490 e. The molecule has 0 radical (unpaired) electrons. The van der Waals surface area contributed by atoms with E-state index in [0.29, 0.717) is 12.2 Å². The average molecular weight is 479 g/mol. The Morgan fingerprint density at radius 3 is 1.74 bits per heavy atom. The molecule has 0 bridgehead atoms. The summed E-state index contributed by atoms with van der Waals surface area (Å²) < 4.78 is 35.0. The third-order valence-electron chi connectivity index (χ3n) is 6.60. The van der Waals surface area contributed by atoms with Gasteiger partial charge in [0, 0.05) is 5.56 Å². The van der Waals surface area contributed by atoms with E-state index in [1.54, 1.807) is 12.1 Å². The predicted molar refractivity (Wildman–Crippen MR) is 144 cm³/mol. The Bertz CT molecular complexity index is 1010. The quantitative estimate of drug-likeness (QED) is 0.197. The number of hydrogen-bond donors (Lipinski definition) is 0. The summed E-state index contributed by atoms with van der Waals surface area (Å²) in [6.45, 7) is 4.83. The Labute approximate surface area is 210 Å². The van der Waals surface area contributed by atoms with Crippen molar-refractivity contribution in [3.05, 3.63) is 77.9 Å². The summed E-state index contributed by atoms with van der Waals surface area (Å²) in [6.07, 6.45) is 12.9. The van der Waals surface area contributed by atoms with Gasteiger partial charge in [-0.05, 0) is 53.6 Å². The molecular formula is C32H40F2O. The van der Waals surface area contributed by atoms with E-state index in [9.17, 15) is 8.78 Å². The minimum absolute atomic E-state index is 0.00659. The van der Waals surface area contributed by atoms with Crippen LogP contribution in [0.4, 0.5) is 8.78 Å². The van der Waals surface area contributed by atoms with Gasteiger partial charge in [-0.3, -0.25) is 0 Å². The molecule has 3 aromatic carbocycles. The van der Waals surface area contributed by atoms with Crippen molar-refractivity contribution < 1.29 is 13.5 Å². The van der Waals surface area contributed by atoms with Gasteiger partial charge in [-0.25, -0.2) is 4.39 Å². The first kappa shape index (κ1) is 26.9. The van der Waals surface area contributed by atoms with Gasteiger partial charge in [-0.1, -0.05) is 114 Å². The van der Waals surface area contributed by atoms with Crippen LogP contribution in [0.5, 0.6) is 5.75 Å². The van der Waals surface area contributed by atoms with Crippen molar-refractivity contribution in [3.63, 3.8) is 0 Å². The van der Waals surface area contributed by atoms with Gasteiger partial charge >= 0.3 is 0 Å². The molecule has 0 atom stereocenters. The molecule has 35 heavy (non-hydrogen) atoms. The number of rotatable bonds is 15. The van der Waals surface area contributed by atoms with Gasteiger partial charge in [-0.15, -0.1) is 0 Å². The van der Waals surface area contributed by atoms with Crippen LogP contribution in [0.15, 0.2) is 60.7 Å². The third kappa shape index (κ3) is 8.19. The maximum atomic E-state index is 14.8. The van der Waals surface area contributed by atoms with Crippen LogP contribution in [0, 0.1) is 11.6 Å². The molecule has 0 aromatic heterocycles. The Morgan fingerprint density at radius 1 is 0.543 bits per heavy atom. The van der Waals surface area contributed by atoms with Crippen molar-refractivity contribution in [1.29, 1.82) is 0 Å². The number of halogens is 2. The molecule has 3 rings (SSSR count). The van der Waals surface area contributed by atoms with Gasteiger partial charge in [0.1, 0.15) is 0 Å². The van der Waals surface area contributed by atoms with Gasteiger partial charge < -0.3 is 4.74 Å². The smallest absolute Gasteiger partial charge is 0.201 e. The van der Waals surface area contributed by atoms with Gasteiger partial charge in [0.15, 0.2) is 11.6 Å². The topological polar surface area (TPSA) is 9.23 Å². The molecule has 1 nitrogen and oxygen atoms in total. The van der Waals surface area contributed by atoms with E-state index in [1.165, 1.54) is 50.5 Å². The highest BCUT2D eigenvalue weighted by atomic mass is 19.2. The van der Waals surface area contributed by atoms with Crippen LogP contribution in [0.2, 0.25) is 0 Å². The Kier molecular flexibility index (Phi) is 11.3. The Hall–Kier alpha value is -2.68. The molecule has 0 fully saturated rings. The van der Waals surface area contributed by atoms with Gasteiger partial charge in [0.25, 0.3) is 0 Å². The second-order valence-electron chi connectivity index (χ2n) is 9.44. The summed E-state index contributed by atoms with van der Waals surface area (Å²) in [5.41, 5.74) is 4.44. The van der Waals surface area contributed by atoms with Crippen LogP contribution < -0.4 is 4.74 Å². The maximum Gasteiger partial charge on any atom is 0.201 e. The molecule has 0 saturated carbocycles. The summed E-state index contributed by atoms with van der Waals surface area (Å²) in [5.74, 6) is -1.77. The summed E-state index contributed by atoms with van der Waals surface area (Å²) in [7, 11) is 0. The first-order chi connectivity index (χ1) is 17.1. The summed E-state index contributed by atoms with van der Waals surface area (Å²) in [5, 5.41) is 0. The van der Waals surface area contributed by atoms with Gasteiger partial charge in [0.05, 0.1) is 6.61 Å². The molecule has 0 amide bonds. The van der Waals surface area contributed by atoms with Crippen LogP contribution in [-0.2, 0) is 6.42 Å². The Balaban J connectivity index is 1.56. The zero-order valence-corrected chi connectivity index (χ0v) is 21.4. The standard InChI is InChI=1S/C32H40F2O/c1-3-5-7-8-9-10-12-24-35-30-23-22-29(31(33)32(30)34)28-20-18-27(19-21-28)26-16-14-25(15-17-26)13-11-6-4-2/h14-23H,3-13,24H2,1-2H3. The molecule has 0 aliphatic rings. The lowest BCUT2D eigenvalue weighted by molar-refractivity contribution is 0.285. The normalized spacial score (nSPS) is 11.1. The first-order valence-corrected chi connectivity index (χ1v) is 13.4. The lowest BCUT2D eigenvalue weighted by Crippen LogP contribution is -2.01. The van der Waals surface area contributed by atoms with Crippen molar-refractivity contribution in [3.8, 4) is 28.0 Å². The highest BCUT2D eigenvalue weighted by Crippen LogP contribution is 2.31. The molecule has 0 aliphatic carbocycles. The molecule has 0 aliphatic heterocycles. The minimum Gasteiger partial charge on any atom is -0.490 e. The van der Waals surface area contributed by atoms with Crippen LogP contribution in [0.3, 0.4) is 0 Å². The minimum atomic E-state index is -0.909. The zero-order valence-electron chi connectivity index (χ0n) is 21.4. The molecule has 3 aromatic rings. The van der Waals surface area contributed by atoms with Crippen LogP contribution in [-0.4, -0.2) is 6.61 Å². The predicted octanol–water partition coefficient (Wildman–Crippen LogP) is 10.2. The number of unbranched alkanes of at least 4 members (excludes halogenated alkanes) is 8. The fourth-order valence-corrected chi connectivity index (χ4v) is 4.39. The number of hydrogen-bond acceptors (Lipinski definition) is 1. The van der Waals surface area contributed by atoms with Crippen molar-refractivity contribution in [2.24, 2.45) is 0 Å². The van der Waals surface area contributed by atoms with E-state index in [-0.39, 0.29) is 11.3 Å². The third-order valence-corrected chi connectivity index (χ3v) is 6.60. The zero-order chi connectivity index (χ0) is 24.9. The van der Waals surface area contributed by atoms with E-state index in [4.69, 9.17) is 4.74 Å². The van der Waals surface area contributed by atoms with Crippen LogP contribution >= 0.6 is 0 Å². The van der Waals surface area contributed by atoms with Crippen molar-refractivity contribution in [2.45, 2.75) is 84.5 Å². The summed E-state index contributed by atoms with van der Waals surface area (Å²) in [4.78, 5) is 0. The number of ether oxygens (including phenoxy) is 1. The van der Waals surface area contributed by atoms with Crippen molar-refractivity contribution in [1.82, 2.24) is 0 Å². The van der Waals surface area contributed by atoms with E-state index < -0.39 is 11.6 Å². The average Bonchev–Trinajstić information content (AvgIpc) is 2.89. The molecule has 188 valence electrons. The highest BCUT2D eigenvalue weighted by Gasteiger charge is 2.16. The number of aryl methyl sites for hydroxylation is 1. The summed E-state index contributed by atoms with van der Waals surface area (Å²) in [6, 6.07) is 19.4. The fraction of sp³-hybridized carbons (Fsp3) is 0.438. The molecular weight excluding hydrogens is 438 g/mol. The summed E-state index contributed by atoms with van der Waals surface area (Å²) >= 11 is 0. The molecule has 0 unspecified atom stereocenters. The lowest BCUT2D eigenvalue weighted by Gasteiger charge is -2.11. The SMILES string of the molecule is CCCCCCCCCOc1ccc(-c2ccc(-c3ccc(CCCCC)cc3)cc2)c(F)c1F. The molecule has 0 saturated heterocycles. The molecule has 0 heterocycles. The maximum absolute atomic E-state index is 14.8. The van der Waals surface area contributed by atoms with Crippen molar-refractivity contribution >= 4 is 0 Å². The lowest BCUT2D eigenvalue weighted by atomic mass is 9.98. The van der Waals surface area contributed by atoms with Crippen LogP contribution in [0.1, 0.15) is 83.6 Å². The molecule has 0 N–H and O–H groups in total. The van der Waals surface area contributed by atoms with Gasteiger partial charge in [-0.2, -0.15) is 4.39 Å². The van der Waals surface area contributed by atoms with E-state index in [1.807, 2.05) is 24.3 Å².